The van der Waals surface area contributed by atoms with Gasteiger partial charge in [-0.15, -0.1) is 0 Å². The first-order chi connectivity index (χ1) is 8.76. The van der Waals surface area contributed by atoms with Crippen LogP contribution in [0.5, 0.6) is 0 Å². The molecule has 19 heavy (non-hydrogen) atoms. The quantitative estimate of drug-likeness (QED) is 0.773. The Hall–Kier alpha value is -0.590. The lowest BCUT2D eigenvalue weighted by Gasteiger charge is -2.18. The summed E-state index contributed by atoms with van der Waals surface area (Å²) in [5, 5.41) is 0. The average molecular weight is 367 g/mol. The second-order valence-electron chi connectivity index (χ2n) is 4.73. The molecule has 1 heterocycles. The molecule has 1 aromatic rings. The molecule has 1 saturated heterocycles. The molecular formula is C12H13BrClNO3S. The minimum atomic E-state index is -3.57. The summed E-state index contributed by atoms with van der Waals surface area (Å²) in [6.45, 7) is 2.32. The molecule has 1 aliphatic heterocycles. The van der Waals surface area contributed by atoms with Crippen molar-refractivity contribution in [3.8, 4) is 0 Å². The third kappa shape index (κ3) is 3.70. The van der Waals surface area contributed by atoms with Crippen LogP contribution < -0.4 is 4.90 Å². The Morgan fingerprint density at radius 3 is 2.79 bits per heavy atom. The molecule has 0 bridgehead atoms. The summed E-state index contributed by atoms with van der Waals surface area (Å²) in [6.07, 6.45) is 0.215. The number of carbonyl (C=O) groups excluding carboxylic acids is 1. The molecule has 104 valence electrons. The number of hydrogen-bond acceptors (Lipinski definition) is 3. The van der Waals surface area contributed by atoms with Crippen molar-refractivity contribution in [3.05, 3.63) is 28.2 Å². The second-order valence-corrected chi connectivity index (χ2v) is 8.41. The summed E-state index contributed by atoms with van der Waals surface area (Å²) in [4.78, 5) is 13.6. The van der Waals surface area contributed by atoms with E-state index in [9.17, 15) is 13.2 Å². The van der Waals surface area contributed by atoms with E-state index in [0.29, 0.717) is 6.54 Å². The Morgan fingerprint density at radius 1 is 1.47 bits per heavy atom. The van der Waals surface area contributed by atoms with Gasteiger partial charge < -0.3 is 4.90 Å². The van der Waals surface area contributed by atoms with Crippen molar-refractivity contribution in [2.75, 3.05) is 17.2 Å². The van der Waals surface area contributed by atoms with Crippen LogP contribution >= 0.6 is 26.6 Å². The zero-order chi connectivity index (χ0) is 14.2. The molecule has 0 radical (unpaired) electrons. The van der Waals surface area contributed by atoms with Crippen LogP contribution in [-0.4, -0.2) is 26.6 Å². The minimum absolute atomic E-state index is 0.0726. The molecule has 0 aliphatic carbocycles. The van der Waals surface area contributed by atoms with Gasteiger partial charge in [0.1, 0.15) is 0 Å². The Kier molecular flexibility index (Phi) is 4.23. The number of hydrogen-bond donors (Lipinski definition) is 0. The molecule has 1 amide bonds. The van der Waals surface area contributed by atoms with Crippen LogP contribution in [0.1, 0.15) is 12.0 Å². The predicted octanol–water partition coefficient (Wildman–Crippen LogP) is 2.68. The lowest BCUT2D eigenvalue weighted by Crippen LogP contribution is -2.25. The van der Waals surface area contributed by atoms with Crippen molar-refractivity contribution in [2.45, 2.75) is 13.3 Å². The van der Waals surface area contributed by atoms with E-state index in [1.165, 1.54) is 0 Å². The van der Waals surface area contributed by atoms with E-state index >= 15 is 0 Å². The number of amides is 1. The summed E-state index contributed by atoms with van der Waals surface area (Å²) < 4.78 is 23.0. The molecule has 1 fully saturated rings. The molecule has 0 spiro atoms. The van der Waals surface area contributed by atoms with Gasteiger partial charge in [-0.2, -0.15) is 0 Å². The van der Waals surface area contributed by atoms with E-state index in [0.717, 1.165) is 15.7 Å². The van der Waals surface area contributed by atoms with Crippen molar-refractivity contribution < 1.29 is 13.2 Å². The van der Waals surface area contributed by atoms with Crippen LogP contribution in [0.2, 0.25) is 0 Å². The zero-order valence-electron chi connectivity index (χ0n) is 10.3. The number of halogens is 2. The Balaban J connectivity index is 2.23. The summed E-state index contributed by atoms with van der Waals surface area (Å²) in [7, 11) is 1.67. The molecule has 0 N–H and O–H groups in total. The van der Waals surface area contributed by atoms with Crippen LogP contribution in [0.3, 0.4) is 0 Å². The van der Waals surface area contributed by atoms with Crippen molar-refractivity contribution in [1.29, 1.82) is 0 Å². The molecule has 0 saturated carbocycles. The Morgan fingerprint density at radius 2 is 2.16 bits per heavy atom. The highest BCUT2D eigenvalue weighted by Crippen LogP contribution is 2.32. The van der Waals surface area contributed by atoms with E-state index < -0.39 is 9.05 Å². The maximum Gasteiger partial charge on any atom is 0.232 e. The van der Waals surface area contributed by atoms with Gasteiger partial charge in [0.25, 0.3) is 0 Å². The molecule has 1 atom stereocenters. The van der Waals surface area contributed by atoms with Gasteiger partial charge in [-0.25, -0.2) is 8.42 Å². The molecule has 0 aromatic heterocycles. The van der Waals surface area contributed by atoms with E-state index in [-0.39, 0.29) is 24.0 Å². The van der Waals surface area contributed by atoms with Gasteiger partial charge in [0.2, 0.25) is 15.0 Å². The largest absolute Gasteiger partial charge is 0.311 e. The predicted molar refractivity (Wildman–Crippen MR) is 79.0 cm³/mol. The summed E-state index contributed by atoms with van der Waals surface area (Å²) >= 11 is 3.41. The third-order valence-corrected chi connectivity index (χ3v) is 4.95. The molecule has 1 aliphatic rings. The zero-order valence-corrected chi connectivity index (χ0v) is 13.4. The fraction of sp³-hybridized carbons (Fsp3) is 0.417. The van der Waals surface area contributed by atoms with E-state index in [4.69, 9.17) is 10.7 Å². The fourth-order valence-corrected chi connectivity index (χ4v) is 4.02. The van der Waals surface area contributed by atoms with E-state index in [1.54, 1.807) is 4.90 Å². The van der Waals surface area contributed by atoms with Gasteiger partial charge in [-0.3, -0.25) is 4.79 Å². The molecule has 1 aromatic carbocycles. The van der Waals surface area contributed by atoms with Crippen LogP contribution in [0, 0.1) is 12.8 Å². The van der Waals surface area contributed by atoms with Crippen molar-refractivity contribution in [2.24, 2.45) is 5.92 Å². The maximum atomic E-state index is 12.0. The minimum Gasteiger partial charge on any atom is -0.311 e. The molecule has 7 heteroatoms. The molecule has 4 nitrogen and oxygen atoms in total. The SMILES string of the molecule is Cc1ccc(Br)c(N2CC(CS(=O)(=O)Cl)CC2=O)c1. The smallest absolute Gasteiger partial charge is 0.232 e. The first kappa shape index (κ1) is 14.8. The number of aryl methyl sites for hydroxylation is 1. The normalized spacial score (nSPS) is 20.1. The topological polar surface area (TPSA) is 54.5 Å². The highest BCUT2D eigenvalue weighted by molar-refractivity contribution is 9.10. The lowest BCUT2D eigenvalue weighted by molar-refractivity contribution is -0.117. The van der Waals surface area contributed by atoms with Crippen LogP contribution in [0.15, 0.2) is 22.7 Å². The van der Waals surface area contributed by atoms with Crippen molar-refractivity contribution in [3.63, 3.8) is 0 Å². The summed E-state index contributed by atoms with van der Waals surface area (Å²) in [5.74, 6) is -0.487. The summed E-state index contributed by atoms with van der Waals surface area (Å²) in [5.41, 5.74) is 1.82. The number of nitrogens with zero attached hydrogens (tertiary/aromatic N) is 1. The van der Waals surface area contributed by atoms with Crippen LogP contribution in [-0.2, 0) is 13.8 Å². The molecule has 2 rings (SSSR count). The monoisotopic (exact) mass is 365 g/mol. The molecule has 1 unspecified atom stereocenters. The first-order valence-electron chi connectivity index (χ1n) is 5.75. The van der Waals surface area contributed by atoms with Gasteiger partial charge in [-0.05, 0) is 40.5 Å². The van der Waals surface area contributed by atoms with Gasteiger partial charge in [-0.1, -0.05) is 6.07 Å². The number of carbonyl (C=O) groups is 1. The third-order valence-electron chi connectivity index (χ3n) is 3.03. The highest BCUT2D eigenvalue weighted by Gasteiger charge is 2.33. The standard InChI is InChI=1S/C12H13BrClNO3S/c1-8-2-3-10(13)11(4-8)15-6-9(5-12(15)16)7-19(14,17)18/h2-4,9H,5-7H2,1H3. The van der Waals surface area contributed by atoms with Crippen molar-refractivity contribution >= 4 is 47.3 Å². The van der Waals surface area contributed by atoms with Crippen LogP contribution in [0.4, 0.5) is 5.69 Å². The Labute approximate surface area is 125 Å². The van der Waals surface area contributed by atoms with Gasteiger partial charge in [0.15, 0.2) is 0 Å². The maximum absolute atomic E-state index is 12.0. The highest BCUT2D eigenvalue weighted by atomic mass is 79.9. The summed E-state index contributed by atoms with van der Waals surface area (Å²) in [6, 6.07) is 5.72. The van der Waals surface area contributed by atoms with Crippen molar-refractivity contribution in [1.82, 2.24) is 0 Å². The van der Waals surface area contributed by atoms with Gasteiger partial charge in [0.05, 0.1) is 11.4 Å². The van der Waals surface area contributed by atoms with E-state index in [1.807, 2.05) is 25.1 Å². The van der Waals surface area contributed by atoms with Gasteiger partial charge in [0, 0.05) is 34.0 Å². The number of rotatable bonds is 3. The average Bonchev–Trinajstić information content (AvgIpc) is 2.60. The first-order valence-corrected chi connectivity index (χ1v) is 9.02. The lowest BCUT2D eigenvalue weighted by atomic mass is 10.1. The number of benzene rings is 1. The van der Waals surface area contributed by atoms with Gasteiger partial charge >= 0.3 is 0 Å². The molecular weight excluding hydrogens is 354 g/mol. The number of anilines is 1. The Bertz CT molecular complexity index is 617. The van der Waals surface area contributed by atoms with Crippen LogP contribution in [0.25, 0.3) is 0 Å². The van der Waals surface area contributed by atoms with E-state index in [2.05, 4.69) is 15.9 Å². The second kappa shape index (κ2) is 5.42. The fourth-order valence-electron chi connectivity index (χ4n) is 2.24.